The van der Waals surface area contributed by atoms with Crippen LogP contribution in [-0.2, 0) is 31.8 Å². The molecule has 36 heavy (non-hydrogen) atoms. The van der Waals surface area contributed by atoms with E-state index in [0.717, 1.165) is 29.1 Å². The maximum atomic E-state index is 13.6. The van der Waals surface area contributed by atoms with Crippen LogP contribution >= 0.6 is 11.3 Å². The maximum Gasteiger partial charge on any atom is 0.373 e. The fourth-order valence-electron chi connectivity index (χ4n) is 3.97. The average molecular weight is 513 g/mol. The van der Waals surface area contributed by atoms with Crippen LogP contribution in [0.2, 0.25) is 0 Å². The van der Waals surface area contributed by atoms with Crippen LogP contribution in [0.15, 0.2) is 34.3 Å². The standard InChI is InChI=1S/C26H32N4O5S/c1-5-35-26(32)21(33-4)15-19-24(29-10-12-34-13-11-29)28-22-14-18(8-9-30(22)25(19)31)6-7-23-27-20(16-36-23)17(2)3/h8-9,14-17H,5-7,10-13H2,1-4H3. The Balaban J connectivity index is 1.72. The number of aryl methyl sites for hydroxylation is 2. The lowest BCUT2D eigenvalue weighted by molar-refractivity contribution is -0.141. The normalized spacial score (nSPS) is 14.5. The van der Waals surface area contributed by atoms with E-state index in [1.807, 2.05) is 17.0 Å². The molecule has 0 amide bonds. The summed E-state index contributed by atoms with van der Waals surface area (Å²) >= 11 is 1.68. The molecule has 0 bridgehead atoms. The van der Waals surface area contributed by atoms with E-state index in [9.17, 15) is 9.59 Å². The van der Waals surface area contributed by atoms with Crippen LogP contribution in [0.5, 0.6) is 0 Å². The summed E-state index contributed by atoms with van der Waals surface area (Å²) in [5, 5.41) is 3.22. The van der Waals surface area contributed by atoms with E-state index in [1.54, 1.807) is 24.5 Å². The van der Waals surface area contributed by atoms with E-state index in [1.165, 1.54) is 17.6 Å². The van der Waals surface area contributed by atoms with Gasteiger partial charge in [0.15, 0.2) is 0 Å². The third-order valence-electron chi connectivity index (χ3n) is 5.98. The first-order valence-corrected chi connectivity index (χ1v) is 13.0. The Morgan fingerprint density at radius 1 is 1.25 bits per heavy atom. The number of aromatic nitrogens is 3. The Kier molecular flexibility index (Phi) is 8.37. The molecule has 1 aliphatic rings. The molecular weight excluding hydrogens is 480 g/mol. The molecule has 0 spiro atoms. The molecule has 1 aliphatic heterocycles. The predicted molar refractivity (Wildman–Crippen MR) is 140 cm³/mol. The van der Waals surface area contributed by atoms with E-state index in [-0.39, 0.29) is 23.5 Å². The molecule has 0 unspecified atom stereocenters. The number of nitrogens with zero attached hydrogens (tertiary/aromatic N) is 4. The number of hydrogen-bond donors (Lipinski definition) is 0. The number of methoxy groups -OCH3 is 1. The first-order chi connectivity index (χ1) is 17.4. The summed E-state index contributed by atoms with van der Waals surface area (Å²) in [6.07, 6.45) is 4.78. The van der Waals surface area contributed by atoms with Crippen molar-refractivity contribution in [1.29, 1.82) is 0 Å². The lowest BCUT2D eigenvalue weighted by Gasteiger charge is -2.29. The molecule has 0 aliphatic carbocycles. The van der Waals surface area contributed by atoms with E-state index in [2.05, 4.69) is 19.2 Å². The molecule has 3 aromatic rings. The van der Waals surface area contributed by atoms with Gasteiger partial charge < -0.3 is 19.1 Å². The SMILES string of the molecule is CCOC(=O)C(=Cc1c(N2CCOCC2)nc2cc(CCc3nc(C(C)C)cs3)ccn2c1=O)OC. The number of hydrogen-bond acceptors (Lipinski definition) is 9. The number of ether oxygens (including phenoxy) is 3. The van der Waals surface area contributed by atoms with Crippen molar-refractivity contribution < 1.29 is 19.0 Å². The molecule has 0 N–H and O–H groups in total. The average Bonchev–Trinajstić information content (AvgIpc) is 3.37. The summed E-state index contributed by atoms with van der Waals surface area (Å²) in [6.45, 7) is 8.45. The van der Waals surface area contributed by atoms with Gasteiger partial charge in [-0.3, -0.25) is 9.20 Å². The van der Waals surface area contributed by atoms with Gasteiger partial charge >= 0.3 is 5.97 Å². The van der Waals surface area contributed by atoms with Gasteiger partial charge in [0.25, 0.3) is 5.56 Å². The number of carbonyl (C=O) groups excluding carboxylic acids is 1. The second-order valence-corrected chi connectivity index (χ2v) is 9.71. The summed E-state index contributed by atoms with van der Waals surface area (Å²) in [5.41, 5.74) is 2.73. The van der Waals surface area contributed by atoms with Crippen molar-refractivity contribution in [2.75, 3.05) is 44.9 Å². The highest BCUT2D eigenvalue weighted by Crippen LogP contribution is 2.23. The molecule has 4 heterocycles. The van der Waals surface area contributed by atoms with Crippen molar-refractivity contribution in [3.05, 3.63) is 61.7 Å². The Bertz CT molecular complexity index is 1310. The third kappa shape index (κ3) is 5.76. The second kappa shape index (κ2) is 11.7. The van der Waals surface area contributed by atoms with Crippen LogP contribution in [0.25, 0.3) is 11.7 Å². The summed E-state index contributed by atoms with van der Waals surface area (Å²) in [5.74, 6) is 0.235. The number of thiazole rings is 1. The number of pyridine rings is 1. The molecule has 0 radical (unpaired) electrons. The quantitative estimate of drug-likeness (QED) is 0.244. The number of esters is 1. The van der Waals surface area contributed by atoms with Crippen LogP contribution < -0.4 is 10.5 Å². The Hall–Kier alpha value is -3.24. The van der Waals surface area contributed by atoms with E-state index in [0.29, 0.717) is 43.7 Å². The maximum absolute atomic E-state index is 13.6. The molecule has 3 aromatic heterocycles. The van der Waals surface area contributed by atoms with Crippen molar-refractivity contribution >= 4 is 34.8 Å². The summed E-state index contributed by atoms with van der Waals surface area (Å²) in [7, 11) is 1.38. The number of carbonyl (C=O) groups is 1. The van der Waals surface area contributed by atoms with Gasteiger partial charge in [-0.2, -0.15) is 0 Å². The van der Waals surface area contributed by atoms with Gasteiger partial charge in [0.2, 0.25) is 5.76 Å². The van der Waals surface area contributed by atoms with Crippen molar-refractivity contribution in [2.45, 2.75) is 39.5 Å². The van der Waals surface area contributed by atoms with Gasteiger partial charge in [0, 0.05) is 37.2 Å². The lowest BCUT2D eigenvalue weighted by atomic mass is 10.1. The minimum absolute atomic E-state index is 0.0500. The fourth-order valence-corrected chi connectivity index (χ4v) is 4.93. The zero-order valence-corrected chi connectivity index (χ0v) is 22.0. The number of morpholine rings is 1. The molecule has 0 aromatic carbocycles. The highest BCUT2D eigenvalue weighted by molar-refractivity contribution is 7.09. The topological polar surface area (TPSA) is 95.3 Å². The summed E-state index contributed by atoms with van der Waals surface area (Å²) < 4.78 is 17.3. The molecule has 4 rings (SSSR count). The largest absolute Gasteiger partial charge is 0.490 e. The highest BCUT2D eigenvalue weighted by Gasteiger charge is 2.22. The molecule has 0 saturated carbocycles. The Labute approximate surface area is 214 Å². The highest BCUT2D eigenvalue weighted by atomic mass is 32.1. The first-order valence-electron chi connectivity index (χ1n) is 12.2. The second-order valence-electron chi connectivity index (χ2n) is 8.77. The zero-order chi connectivity index (χ0) is 25.7. The monoisotopic (exact) mass is 512 g/mol. The summed E-state index contributed by atoms with van der Waals surface area (Å²) in [4.78, 5) is 37.5. The van der Waals surface area contributed by atoms with Gasteiger partial charge in [-0.1, -0.05) is 13.8 Å². The Morgan fingerprint density at radius 2 is 2.03 bits per heavy atom. The molecule has 192 valence electrons. The van der Waals surface area contributed by atoms with Crippen molar-refractivity contribution in [2.24, 2.45) is 0 Å². The minimum Gasteiger partial charge on any atom is -0.490 e. The van der Waals surface area contributed by atoms with E-state index in [4.69, 9.17) is 24.2 Å². The first kappa shape index (κ1) is 25.8. The van der Waals surface area contributed by atoms with Crippen molar-refractivity contribution in [3.8, 4) is 0 Å². The van der Waals surface area contributed by atoms with E-state index >= 15 is 0 Å². The molecule has 10 heteroatoms. The van der Waals surface area contributed by atoms with Crippen LogP contribution in [0, 0.1) is 0 Å². The molecule has 1 fully saturated rings. The van der Waals surface area contributed by atoms with Gasteiger partial charge in [-0.15, -0.1) is 11.3 Å². The predicted octanol–water partition coefficient (Wildman–Crippen LogP) is 3.45. The van der Waals surface area contributed by atoms with Gasteiger partial charge in [-0.05, 0) is 37.0 Å². The van der Waals surface area contributed by atoms with E-state index < -0.39 is 5.97 Å². The fraction of sp³-hybridized carbons (Fsp3) is 0.462. The van der Waals surface area contributed by atoms with Crippen molar-refractivity contribution in [1.82, 2.24) is 14.4 Å². The van der Waals surface area contributed by atoms with Gasteiger partial charge in [0.05, 0.1) is 43.2 Å². The van der Waals surface area contributed by atoms with Crippen molar-refractivity contribution in [3.63, 3.8) is 0 Å². The van der Waals surface area contributed by atoms with Crippen LogP contribution in [0.4, 0.5) is 5.82 Å². The van der Waals surface area contributed by atoms with Crippen LogP contribution in [0.3, 0.4) is 0 Å². The Morgan fingerprint density at radius 3 is 2.69 bits per heavy atom. The third-order valence-corrected chi connectivity index (χ3v) is 6.91. The van der Waals surface area contributed by atoms with Gasteiger partial charge in [0.1, 0.15) is 11.5 Å². The molecule has 9 nitrogen and oxygen atoms in total. The lowest BCUT2D eigenvalue weighted by Crippen LogP contribution is -2.38. The minimum atomic E-state index is -0.629. The molecule has 0 atom stereocenters. The zero-order valence-electron chi connectivity index (χ0n) is 21.2. The number of fused-ring (bicyclic) bond motifs is 1. The summed E-state index contributed by atoms with van der Waals surface area (Å²) in [6, 6.07) is 3.87. The van der Waals surface area contributed by atoms with Gasteiger partial charge in [-0.25, -0.2) is 14.8 Å². The number of anilines is 1. The van der Waals surface area contributed by atoms with Crippen LogP contribution in [-0.4, -0.2) is 60.4 Å². The molecular formula is C26H32N4O5S. The van der Waals surface area contributed by atoms with Crippen LogP contribution in [0.1, 0.15) is 48.5 Å². The number of rotatable bonds is 9. The smallest absolute Gasteiger partial charge is 0.373 e. The molecule has 1 saturated heterocycles.